The first-order valence-electron chi connectivity index (χ1n) is 25.3. The number of carbonyl (C=O) groups is 1. The van der Waals surface area contributed by atoms with Gasteiger partial charge in [-0.3, -0.25) is 4.79 Å². The number of unbranched alkanes of at least 4 members (excludes halogenated alkanes) is 23. The van der Waals surface area contributed by atoms with E-state index in [4.69, 9.17) is 4.74 Å². The summed E-state index contributed by atoms with van der Waals surface area (Å²) in [5.74, 6) is 0.802. The molecule has 334 valence electrons. The zero-order chi connectivity index (χ0) is 41.2. The number of esters is 1. The molecule has 0 saturated heterocycles. The predicted molar refractivity (Wildman–Crippen MR) is 246 cm³/mol. The molecule has 3 unspecified atom stereocenters. The number of allylic oxidation sites excluding steroid dienone is 1. The van der Waals surface area contributed by atoms with Gasteiger partial charge in [0.25, 0.3) is 0 Å². The smallest absolute Gasteiger partial charge is 0.308 e. The summed E-state index contributed by atoms with van der Waals surface area (Å²) in [4.78, 5) is 15.5. The molecule has 0 saturated carbocycles. The van der Waals surface area contributed by atoms with Gasteiger partial charge >= 0.3 is 5.97 Å². The summed E-state index contributed by atoms with van der Waals surface area (Å²) in [6, 6.07) is 0. The Kier molecular flexibility index (Phi) is 43.0. The normalized spacial score (nSPS) is 13.3. The van der Waals surface area contributed by atoms with Gasteiger partial charge in [-0.05, 0) is 102 Å². The molecule has 0 radical (unpaired) electrons. The molecular weight excluding hydrogens is 691 g/mol. The van der Waals surface area contributed by atoms with Crippen molar-refractivity contribution in [3.63, 3.8) is 0 Å². The molecule has 5 heteroatoms. The summed E-state index contributed by atoms with van der Waals surface area (Å²) in [6.45, 7) is 17.2. The molecule has 0 bridgehead atoms. The standard InChI is InChI=1S/C51H101NO4/c1-6-10-14-18-22-29-38-48(37-27-16-12-8-3)47(5)36-26-21-20-24-32-42-52(43-33-25-34-44-53)46-50(54)41-31-35-45-56-51(55)49(39-28-17-13-9-4)40-30-23-19-15-11-7-2/h48-50,53-54H,5-46H2,1-4H3. The highest BCUT2D eigenvalue weighted by Crippen LogP contribution is 2.28. The second-order valence-electron chi connectivity index (χ2n) is 17.8. The van der Waals surface area contributed by atoms with Crippen molar-refractivity contribution < 1.29 is 19.7 Å². The number of hydrogen-bond acceptors (Lipinski definition) is 5. The first kappa shape index (κ1) is 55.1. The first-order valence-corrected chi connectivity index (χ1v) is 25.3. The van der Waals surface area contributed by atoms with Crippen LogP contribution in [0, 0.1) is 11.8 Å². The predicted octanol–water partition coefficient (Wildman–Crippen LogP) is 15.1. The highest BCUT2D eigenvalue weighted by Gasteiger charge is 2.20. The Balaban J connectivity index is 4.55. The Labute approximate surface area is 351 Å². The second kappa shape index (κ2) is 43.7. The van der Waals surface area contributed by atoms with E-state index in [1.54, 1.807) is 0 Å². The van der Waals surface area contributed by atoms with Crippen LogP contribution in [-0.4, -0.2) is 60.0 Å². The van der Waals surface area contributed by atoms with Gasteiger partial charge < -0.3 is 19.8 Å². The number of nitrogens with zero attached hydrogens (tertiary/aromatic N) is 1. The van der Waals surface area contributed by atoms with Crippen molar-refractivity contribution >= 4 is 5.97 Å². The highest BCUT2D eigenvalue weighted by molar-refractivity contribution is 5.72. The van der Waals surface area contributed by atoms with E-state index in [0.29, 0.717) is 6.61 Å². The van der Waals surface area contributed by atoms with Crippen LogP contribution in [-0.2, 0) is 9.53 Å². The van der Waals surface area contributed by atoms with Gasteiger partial charge in [0, 0.05) is 13.2 Å². The van der Waals surface area contributed by atoms with E-state index < -0.39 is 0 Å². The van der Waals surface area contributed by atoms with Crippen LogP contribution in [0.1, 0.15) is 259 Å². The van der Waals surface area contributed by atoms with Gasteiger partial charge in [0.2, 0.25) is 0 Å². The maximum atomic E-state index is 13.0. The lowest BCUT2D eigenvalue weighted by atomic mass is 9.86. The van der Waals surface area contributed by atoms with Crippen molar-refractivity contribution in [1.29, 1.82) is 0 Å². The Morgan fingerprint density at radius 2 is 0.893 bits per heavy atom. The minimum atomic E-state index is -0.347. The van der Waals surface area contributed by atoms with Crippen LogP contribution in [0.5, 0.6) is 0 Å². The van der Waals surface area contributed by atoms with E-state index in [-0.39, 0.29) is 24.6 Å². The monoisotopic (exact) mass is 792 g/mol. The van der Waals surface area contributed by atoms with E-state index in [9.17, 15) is 15.0 Å². The molecule has 0 aliphatic heterocycles. The van der Waals surface area contributed by atoms with E-state index in [1.165, 1.54) is 173 Å². The van der Waals surface area contributed by atoms with Crippen molar-refractivity contribution in [1.82, 2.24) is 4.90 Å². The molecule has 5 nitrogen and oxygen atoms in total. The largest absolute Gasteiger partial charge is 0.465 e. The van der Waals surface area contributed by atoms with E-state index in [2.05, 4.69) is 39.2 Å². The van der Waals surface area contributed by atoms with Gasteiger partial charge in [0.1, 0.15) is 0 Å². The molecule has 0 spiro atoms. The van der Waals surface area contributed by atoms with E-state index in [0.717, 1.165) is 89.8 Å². The van der Waals surface area contributed by atoms with Crippen molar-refractivity contribution in [2.24, 2.45) is 11.8 Å². The Morgan fingerprint density at radius 1 is 0.500 bits per heavy atom. The number of aliphatic hydroxyl groups is 2. The van der Waals surface area contributed by atoms with Gasteiger partial charge in [-0.25, -0.2) is 0 Å². The SMILES string of the molecule is C=C(CCCCCCCN(CCCCCO)CC(O)CCCCOC(=O)C(CCCCCC)CCCCCCCC)C(CCCCCC)CCCCCCCC. The number of ether oxygens (including phenoxy) is 1. The maximum absolute atomic E-state index is 13.0. The van der Waals surface area contributed by atoms with Crippen LogP contribution < -0.4 is 0 Å². The van der Waals surface area contributed by atoms with Crippen molar-refractivity contribution in [3.8, 4) is 0 Å². The van der Waals surface area contributed by atoms with Crippen molar-refractivity contribution in [2.45, 2.75) is 265 Å². The molecule has 56 heavy (non-hydrogen) atoms. The van der Waals surface area contributed by atoms with Crippen LogP contribution in [0.3, 0.4) is 0 Å². The van der Waals surface area contributed by atoms with Crippen molar-refractivity contribution in [3.05, 3.63) is 12.2 Å². The molecule has 0 aliphatic carbocycles. The Hall–Kier alpha value is -0.910. The molecule has 0 aromatic rings. The quantitative estimate of drug-likeness (QED) is 0.0365. The molecule has 0 aromatic carbocycles. The van der Waals surface area contributed by atoms with Gasteiger partial charge in [-0.2, -0.15) is 0 Å². The summed E-state index contributed by atoms with van der Waals surface area (Å²) >= 11 is 0. The zero-order valence-electron chi connectivity index (χ0n) is 38.6. The number of aliphatic hydroxyl groups excluding tert-OH is 2. The van der Waals surface area contributed by atoms with Gasteiger partial charge in [0.15, 0.2) is 0 Å². The average molecular weight is 792 g/mol. The molecule has 0 aromatic heterocycles. The van der Waals surface area contributed by atoms with Crippen LogP contribution in [0.4, 0.5) is 0 Å². The third kappa shape index (κ3) is 36.2. The molecule has 0 fully saturated rings. The topological polar surface area (TPSA) is 70.0 Å². The number of carbonyl (C=O) groups excluding carboxylic acids is 1. The second-order valence-corrected chi connectivity index (χ2v) is 17.8. The molecule has 2 N–H and O–H groups in total. The lowest BCUT2D eigenvalue weighted by Gasteiger charge is -2.25. The average Bonchev–Trinajstić information content (AvgIpc) is 3.19. The molecule has 0 rings (SSSR count). The molecule has 0 aliphatic rings. The summed E-state index contributed by atoms with van der Waals surface area (Å²) in [5.41, 5.74) is 1.53. The minimum absolute atomic E-state index is 0.0140. The minimum Gasteiger partial charge on any atom is -0.465 e. The fourth-order valence-electron chi connectivity index (χ4n) is 8.41. The fourth-order valence-corrected chi connectivity index (χ4v) is 8.41. The summed E-state index contributed by atoms with van der Waals surface area (Å²) < 4.78 is 5.81. The first-order chi connectivity index (χ1) is 27.4. The van der Waals surface area contributed by atoms with Crippen LogP contribution in [0.25, 0.3) is 0 Å². The summed E-state index contributed by atoms with van der Waals surface area (Å²) in [7, 11) is 0. The third-order valence-electron chi connectivity index (χ3n) is 12.3. The molecule has 0 heterocycles. The summed E-state index contributed by atoms with van der Waals surface area (Å²) in [6.07, 6.45) is 43.3. The Morgan fingerprint density at radius 3 is 1.39 bits per heavy atom. The van der Waals surface area contributed by atoms with Crippen molar-refractivity contribution in [2.75, 3.05) is 32.8 Å². The molecule has 3 atom stereocenters. The van der Waals surface area contributed by atoms with Gasteiger partial charge in [-0.15, -0.1) is 0 Å². The third-order valence-corrected chi connectivity index (χ3v) is 12.3. The van der Waals surface area contributed by atoms with Crippen LogP contribution in [0.2, 0.25) is 0 Å². The van der Waals surface area contributed by atoms with Gasteiger partial charge in [0.05, 0.1) is 18.6 Å². The van der Waals surface area contributed by atoms with Gasteiger partial charge in [-0.1, -0.05) is 188 Å². The number of rotatable bonds is 46. The fraction of sp³-hybridized carbons (Fsp3) is 0.941. The number of hydrogen-bond donors (Lipinski definition) is 2. The zero-order valence-corrected chi connectivity index (χ0v) is 38.6. The lowest BCUT2D eigenvalue weighted by molar-refractivity contribution is -0.149. The van der Waals surface area contributed by atoms with Crippen LogP contribution >= 0.6 is 0 Å². The Bertz CT molecular complexity index is 818. The van der Waals surface area contributed by atoms with Crippen LogP contribution in [0.15, 0.2) is 12.2 Å². The maximum Gasteiger partial charge on any atom is 0.308 e. The van der Waals surface area contributed by atoms with E-state index >= 15 is 0 Å². The molecular formula is C51H101NO4. The highest BCUT2D eigenvalue weighted by atomic mass is 16.5. The molecule has 0 amide bonds. The van der Waals surface area contributed by atoms with E-state index in [1.807, 2.05) is 0 Å². The lowest BCUT2D eigenvalue weighted by Crippen LogP contribution is -2.34. The summed E-state index contributed by atoms with van der Waals surface area (Å²) in [5, 5.41) is 20.3.